The van der Waals surface area contributed by atoms with Crippen LogP contribution in [0.3, 0.4) is 0 Å². The highest BCUT2D eigenvalue weighted by molar-refractivity contribution is 5.79. The number of benzene rings is 1. The van der Waals surface area contributed by atoms with E-state index < -0.39 is 5.97 Å². The molecular weight excluding hydrogens is 318 g/mol. The first-order valence-electron chi connectivity index (χ1n) is 8.58. The van der Waals surface area contributed by atoms with E-state index in [1.807, 2.05) is 48.9 Å². The molecule has 1 heterocycles. The predicted octanol–water partition coefficient (Wildman–Crippen LogP) is 2.40. The molecule has 2 N–H and O–H groups in total. The second-order valence-corrected chi connectivity index (χ2v) is 6.69. The van der Waals surface area contributed by atoms with Crippen LogP contribution < -0.4 is 5.32 Å². The molecule has 0 bridgehead atoms. The van der Waals surface area contributed by atoms with E-state index in [9.17, 15) is 9.59 Å². The molecule has 1 aliphatic carbocycles. The lowest BCUT2D eigenvalue weighted by Gasteiger charge is -2.12. The van der Waals surface area contributed by atoms with Crippen molar-refractivity contribution in [2.24, 2.45) is 5.92 Å². The summed E-state index contributed by atoms with van der Waals surface area (Å²) in [5, 5.41) is 16.6. The third-order valence-electron chi connectivity index (χ3n) is 4.93. The van der Waals surface area contributed by atoms with Gasteiger partial charge in [-0.25, -0.2) is 4.68 Å². The number of rotatable bonds is 5. The molecule has 0 radical (unpaired) electrons. The van der Waals surface area contributed by atoms with Crippen LogP contribution in [0.15, 0.2) is 30.3 Å². The zero-order valence-corrected chi connectivity index (χ0v) is 14.5. The topological polar surface area (TPSA) is 84.2 Å². The Morgan fingerprint density at radius 1 is 1.24 bits per heavy atom. The Labute approximate surface area is 146 Å². The lowest BCUT2D eigenvalue weighted by molar-refractivity contribution is -0.141. The van der Waals surface area contributed by atoms with E-state index >= 15 is 0 Å². The number of nitrogens with zero attached hydrogens (tertiary/aromatic N) is 2. The monoisotopic (exact) mass is 341 g/mol. The van der Waals surface area contributed by atoms with Crippen LogP contribution >= 0.6 is 0 Å². The van der Waals surface area contributed by atoms with Crippen LogP contribution in [0.5, 0.6) is 0 Å². The standard InChI is InChI=1S/C19H23N3O3/c1-12-17(13(2)22(21-12)16-6-4-3-5-7-16)11-18(23)20-15-9-8-14(10-15)19(24)25/h3-7,14-15H,8-11H2,1-2H3,(H,20,23)(H,24,25)/t14-,15+/m1/s1. The summed E-state index contributed by atoms with van der Waals surface area (Å²) < 4.78 is 1.86. The van der Waals surface area contributed by atoms with Crippen molar-refractivity contribution in [1.29, 1.82) is 0 Å². The normalized spacial score (nSPS) is 19.8. The molecule has 132 valence electrons. The van der Waals surface area contributed by atoms with Gasteiger partial charge in [-0.1, -0.05) is 18.2 Å². The SMILES string of the molecule is Cc1nn(-c2ccccc2)c(C)c1CC(=O)N[C@H]1CC[C@@H](C(=O)O)C1. The van der Waals surface area contributed by atoms with Crippen LogP contribution in [0.4, 0.5) is 0 Å². The molecule has 1 saturated carbocycles. The fourth-order valence-corrected chi connectivity index (χ4v) is 3.53. The summed E-state index contributed by atoms with van der Waals surface area (Å²) >= 11 is 0. The molecule has 3 rings (SSSR count). The highest BCUT2D eigenvalue weighted by atomic mass is 16.4. The summed E-state index contributed by atoms with van der Waals surface area (Å²) in [7, 11) is 0. The van der Waals surface area contributed by atoms with Gasteiger partial charge < -0.3 is 10.4 Å². The molecule has 1 aliphatic rings. The fourth-order valence-electron chi connectivity index (χ4n) is 3.53. The number of para-hydroxylation sites is 1. The minimum atomic E-state index is -0.771. The molecule has 1 aromatic carbocycles. The number of hydrogen-bond donors (Lipinski definition) is 2. The van der Waals surface area contributed by atoms with Gasteiger partial charge in [0.15, 0.2) is 0 Å². The average Bonchev–Trinajstić information content (AvgIpc) is 3.16. The molecule has 1 amide bonds. The Morgan fingerprint density at radius 2 is 1.96 bits per heavy atom. The number of carboxylic acid groups (broad SMARTS) is 1. The molecule has 0 unspecified atom stereocenters. The summed E-state index contributed by atoms with van der Waals surface area (Å²) in [6.07, 6.45) is 2.13. The number of hydrogen-bond acceptors (Lipinski definition) is 3. The first kappa shape index (κ1) is 17.2. The van der Waals surface area contributed by atoms with Gasteiger partial charge in [-0.05, 0) is 45.2 Å². The number of amides is 1. The van der Waals surface area contributed by atoms with E-state index in [-0.39, 0.29) is 24.3 Å². The molecule has 0 aliphatic heterocycles. The quantitative estimate of drug-likeness (QED) is 0.875. The summed E-state index contributed by atoms with van der Waals surface area (Å²) in [5.41, 5.74) is 3.68. The van der Waals surface area contributed by atoms with Crippen LogP contribution in [0.2, 0.25) is 0 Å². The first-order valence-corrected chi connectivity index (χ1v) is 8.58. The van der Waals surface area contributed by atoms with Crippen molar-refractivity contribution in [3.05, 3.63) is 47.3 Å². The van der Waals surface area contributed by atoms with Crippen LogP contribution in [-0.2, 0) is 16.0 Å². The molecule has 1 aromatic heterocycles. The fraction of sp³-hybridized carbons (Fsp3) is 0.421. The van der Waals surface area contributed by atoms with E-state index in [1.54, 1.807) is 0 Å². The van der Waals surface area contributed by atoms with E-state index in [0.717, 1.165) is 29.1 Å². The minimum Gasteiger partial charge on any atom is -0.481 e. The van der Waals surface area contributed by atoms with Gasteiger partial charge in [0.05, 0.1) is 23.7 Å². The van der Waals surface area contributed by atoms with Crippen LogP contribution in [0.1, 0.15) is 36.2 Å². The van der Waals surface area contributed by atoms with E-state index in [1.165, 1.54) is 0 Å². The average molecular weight is 341 g/mol. The van der Waals surface area contributed by atoms with Crippen molar-refractivity contribution in [2.45, 2.75) is 45.6 Å². The first-order chi connectivity index (χ1) is 12.0. The zero-order chi connectivity index (χ0) is 18.0. The van der Waals surface area contributed by atoms with Gasteiger partial charge in [0.25, 0.3) is 0 Å². The van der Waals surface area contributed by atoms with Crippen molar-refractivity contribution in [3.8, 4) is 5.69 Å². The molecule has 0 saturated heterocycles. The second kappa shape index (κ2) is 7.09. The van der Waals surface area contributed by atoms with Gasteiger partial charge in [0.1, 0.15) is 0 Å². The molecule has 6 nitrogen and oxygen atoms in total. The lowest BCUT2D eigenvalue weighted by atomic mass is 10.1. The van der Waals surface area contributed by atoms with Crippen LogP contribution in [-0.4, -0.2) is 32.8 Å². The number of carbonyl (C=O) groups is 2. The Hall–Kier alpha value is -2.63. The zero-order valence-electron chi connectivity index (χ0n) is 14.5. The summed E-state index contributed by atoms with van der Waals surface area (Å²) in [5.74, 6) is -1.18. The van der Waals surface area contributed by atoms with Gasteiger partial charge in [0.2, 0.25) is 5.91 Å². The number of nitrogens with one attached hydrogen (secondary N) is 1. The maximum Gasteiger partial charge on any atom is 0.306 e. The number of aliphatic carboxylic acids is 1. The maximum absolute atomic E-state index is 12.4. The number of aryl methyl sites for hydroxylation is 1. The molecular formula is C19H23N3O3. The third kappa shape index (κ3) is 3.73. The maximum atomic E-state index is 12.4. The van der Waals surface area contributed by atoms with Gasteiger partial charge in [-0.3, -0.25) is 9.59 Å². The third-order valence-corrected chi connectivity index (χ3v) is 4.93. The van der Waals surface area contributed by atoms with Crippen LogP contribution in [0, 0.1) is 19.8 Å². The largest absolute Gasteiger partial charge is 0.481 e. The highest BCUT2D eigenvalue weighted by Crippen LogP contribution is 2.26. The van der Waals surface area contributed by atoms with E-state index in [4.69, 9.17) is 5.11 Å². The molecule has 2 atom stereocenters. The van der Waals surface area contributed by atoms with Crippen molar-refractivity contribution in [1.82, 2.24) is 15.1 Å². The number of carboxylic acids is 1. The van der Waals surface area contributed by atoms with Crippen molar-refractivity contribution in [3.63, 3.8) is 0 Å². The molecule has 6 heteroatoms. The Kier molecular flexibility index (Phi) is 4.88. The van der Waals surface area contributed by atoms with Crippen molar-refractivity contribution in [2.75, 3.05) is 0 Å². The summed E-state index contributed by atoms with van der Waals surface area (Å²) in [6.45, 7) is 3.87. The minimum absolute atomic E-state index is 0.0432. The summed E-state index contributed by atoms with van der Waals surface area (Å²) in [4.78, 5) is 23.4. The van der Waals surface area contributed by atoms with Gasteiger partial charge >= 0.3 is 5.97 Å². The number of carbonyl (C=O) groups excluding carboxylic acids is 1. The second-order valence-electron chi connectivity index (χ2n) is 6.69. The molecule has 25 heavy (non-hydrogen) atoms. The van der Waals surface area contributed by atoms with Crippen molar-refractivity contribution < 1.29 is 14.7 Å². The van der Waals surface area contributed by atoms with E-state index in [0.29, 0.717) is 12.8 Å². The van der Waals surface area contributed by atoms with Crippen LogP contribution in [0.25, 0.3) is 5.69 Å². The molecule has 2 aromatic rings. The highest BCUT2D eigenvalue weighted by Gasteiger charge is 2.30. The van der Waals surface area contributed by atoms with Crippen molar-refractivity contribution >= 4 is 11.9 Å². The molecule has 1 fully saturated rings. The van der Waals surface area contributed by atoms with Gasteiger partial charge in [-0.15, -0.1) is 0 Å². The van der Waals surface area contributed by atoms with Gasteiger partial charge in [-0.2, -0.15) is 5.10 Å². The Balaban J connectivity index is 1.68. The van der Waals surface area contributed by atoms with Gasteiger partial charge in [0, 0.05) is 17.3 Å². The van der Waals surface area contributed by atoms with E-state index in [2.05, 4.69) is 10.4 Å². The smallest absolute Gasteiger partial charge is 0.306 e. The predicted molar refractivity (Wildman–Crippen MR) is 93.6 cm³/mol. The Morgan fingerprint density at radius 3 is 2.60 bits per heavy atom. The lowest BCUT2D eigenvalue weighted by Crippen LogP contribution is -2.34. The molecule has 0 spiro atoms. The Bertz CT molecular complexity index is 783. The summed E-state index contributed by atoms with van der Waals surface area (Å²) in [6, 6.07) is 9.78. The number of aromatic nitrogens is 2.